The average Bonchev–Trinajstić information content (AvgIpc) is 2.63. The lowest BCUT2D eigenvalue weighted by Crippen LogP contribution is -2.39. The molecular formula is C22H35NO2S. The minimum atomic E-state index is -0.421. The van der Waals surface area contributed by atoms with Crippen LogP contribution >= 0.6 is 11.8 Å². The van der Waals surface area contributed by atoms with Gasteiger partial charge in [-0.25, -0.2) is 0 Å². The Kier molecular flexibility index (Phi) is 8.33. The highest BCUT2D eigenvalue weighted by molar-refractivity contribution is 7.99. The summed E-state index contributed by atoms with van der Waals surface area (Å²) in [7, 11) is 0. The summed E-state index contributed by atoms with van der Waals surface area (Å²) >= 11 is 2.01. The van der Waals surface area contributed by atoms with E-state index < -0.39 is 6.10 Å². The number of thioether (sulfide) groups is 1. The molecule has 1 aliphatic rings. The number of amides is 1. The number of ether oxygens (including phenoxy) is 1. The molecule has 0 unspecified atom stereocenters. The van der Waals surface area contributed by atoms with Crippen molar-refractivity contribution in [3.8, 4) is 5.75 Å². The standard InChI is InChI=1S/C22H35NO2S/c1-5-20(25-18-13-11-17(12-14-18)22(2,3)4)21(24)23-15-16-26-19-9-7-6-8-10-19/h11-14,19-20H,5-10,15-16H2,1-4H3,(H,23,24)/t20-/m0/s1. The molecule has 0 aliphatic heterocycles. The molecule has 0 saturated heterocycles. The Morgan fingerprint density at radius 3 is 2.42 bits per heavy atom. The molecule has 0 bridgehead atoms. The van der Waals surface area contributed by atoms with Crippen molar-refractivity contribution in [3.63, 3.8) is 0 Å². The fraction of sp³-hybridized carbons (Fsp3) is 0.682. The van der Waals surface area contributed by atoms with Crippen LogP contribution in [0.1, 0.15) is 71.8 Å². The SMILES string of the molecule is CC[C@H](Oc1ccc(C(C)(C)C)cc1)C(=O)NCCSC1CCCCC1. The molecule has 4 heteroatoms. The van der Waals surface area contributed by atoms with Crippen LogP contribution in [-0.2, 0) is 10.2 Å². The Morgan fingerprint density at radius 1 is 1.19 bits per heavy atom. The van der Waals surface area contributed by atoms with E-state index in [0.29, 0.717) is 6.42 Å². The van der Waals surface area contributed by atoms with Gasteiger partial charge in [0.15, 0.2) is 6.10 Å². The van der Waals surface area contributed by atoms with Crippen molar-refractivity contribution < 1.29 is 9.53 Å². The molecule has 1 fully saturated rings. The Bertz CT molecular complexity index is 544. The first-order chi connectivity index (χ1) is 12.4. The molecule has 1 N–H and O–H groups in total. The molecule has 1 aliphatic carbocycles. The second-order valence-corrected chi connectivity index (χ2v) is 9.62. The van der Waals surface area contributed by atoms with Crippen molar-refractivity contribution in [2.45, 2.75) is 83.0 Å². The summed E-state index contributed by atoms with van der Waals surface area (Å²) in [5.41, 5.74) is 1.39. The molecule has 0 heterocycles. The summed E-state index contributed by atoms with van der Waals surface area (Å²) in [4.78, 5) is 12.4. The summed E-state index contributed by atoms with van der Waals surface area (Å²) in [6.07, 6.45) is 7.04. The number of carbonyl (C=O) groups is 1. The first-order valence-electron chi connectivity index (χ1n) is 10.1. The number of nitrogens with one attached hydrogen (secondary N) is 1. The molecule has 26 heavy (non-hydrogen) atoms. The van der Waals surface area contributed by atoms with Crippen LogP contribution in [0.5, 0.6) is 5.75 Å². The Morgan fingerprint density at radius 2 is 1.85 bits per heavy atom. The third-order valence-corrected chi connectivity index (χ3v) is 6.35. The first-order valence-corrected chi connectivity index (χ1v) is 11.1. The molecule has 0 aromatic heterocycles. The average molecular weight is 378 g/mol. The molecule has 1 saturated carbocycles. The molecular weight excluding hydrogens is 342 g/mol. The predicted molar refractivity (Wildman–Crippen MR) is 112 cm³/mol. The summed E-state index contributed by atoms with van der Waals surface area (Å²) < 4.78 is 5.92. The van der Waals surface area contributed by atoms with Gasteiger partial charge in [-0.15, -0.1) is 0 Å². The van der Waals surface area contributed by atoms with Gasteiger partial charge in [-0.05, 0) is 42.4 Å². The van der Waals surface area contributed by atoms with E-state index >= 15 is 0 Å². The van der Waals surface area contributed by atoms with Crippen LogP contribution < -0.4 is 10.1 Å². The van der Waals surface area contributed by atoms with Crippen molar-refractivity contribution in [2.24, 2.45) is 0 Å². The van der Waals surface area contributed by atoms with E-state index in [-0.39, 0.29) is 11.3 Å². The predicted octanol–water partition coefficient (Wildman–Crippen LogP) is 5.32. The van der Waals surface area contributed by atoms with E-state index in [2.05, 4.69) is 38.2 Å². The molecule has 0 spiro atoms. The van der Waals surface area contributed by atoms with Crippen molar-refractivity contribution in [1.29, 1.82) is 0 Å². The Hall–Kier alpha value is -1.16. The zero-order valence-electron chi connectivity index (χ0n) is 16.8. The quantitative estimate of drug-likeness (QED) is 0.623. The lowest BCUT2D eigenvalue weighted by molar-refractivity contribution is -0.127. The Labute approximate surface area is 163 Å². The number of rotatable bonds is 8. The minimum Gasteiger partial charge on any atom is -0.481 e. The smallest absolute Gasteiger partial charge is 0.261 e. The second-order valence-electron chi connectivity index (χ2n) is 8.21. The van der Waals surface area contributed by atoms with E-state index in [0.717, 1.165) is 23.3 Å². The fourth-order valence-corrected chi connectivity index (χ4v) is 4.49. The monoisotopic (exact) mass is 377 g/mol. The summed E-state index contributed by atoms with van der Waals surface area (Å²) in [5, 5.41) is 3.84. The van der Waals surface area contributed by atoms with Gasteiger partial charge in [-0.1, -0.05) is 59.1 Å². The van der Waals surface area contributed by atoms with E-state index in [4.69, 9.17) is 4.74 Å². The highest BCUT2D eigenvalue weighted by Gasteiger charge is 2.19. The van der Waals surface area contributed by atoms with Gasteiger partial charge in [-0.3, -0.25) is 4.79 Å². The summed E-state index contributed by atoms with van der Waals surface area (Å²) in [6.45, 7) is 9.29. The normalized spacial score (nSPS) is 16.9. The van der Waals surface area contributed by atoms with Crippen LogP contribution in [0.15, 0.2) is 24.3 Å². The van der Waals surface area contributed by atoms with E-state index in [1.165, 1.54) is 37.7 Å². The molecule has 1 aromatic rings. The van der Waals surface area contributed by atoms with Crippen LogP contribution in [0.2, 0.25) is 0 Å². The molecule has 2 rings (SSSR count). The number of benzene rings is 1. The van der Waals surface area contributed by atoms with Gasteiger partial charge in [0, 0.05) is 17.5 Å². The van der Waals surface area contributed by atoms with Crippen LogP contribution in [0.25, 0.3) is 0 Å². The molecule has 1 atom stereocenters. The Balaban J connectivity index is 1.75. The molecule has 3 nitrogen and oxygen atoms in total. The summed E-state index contributed by atoms with van der Waals surface area (Å²) in [6, 6.07) is 8.10. The third-order valence-electron chi connectivity index (χ3n) is 4.97. The van der Waals surface area contributed by atoms with Gasteiger partial charge in [0.25, 0.3) is 5.91 Å². The maximum absolute atomic E-state index is 12.4. The van der Waals surface area contributed by atoms with E-state index in [9.17, 15) is 4.79 Å². The van der Waals surface area contributed by atoms with Crippen molar-refractivity contribution in [3.05, 3.63) is 29.8 Å². The number of carbonyl (C=O) groups excluding carboxylic acids is 1. The highest BCUT2D eigenvalue weighted by Crippen LogP contribution is 2.28. The van der Waals surface area contributed by atoms with E-state index in [1.54, 1.807) is 0 Å². The fourth-order valence-electron chi connectivity index (χ4n) is 3.27. The number of hydrogen-bond donors (Lipinski definition) is 1. The highest BCUT2D eigenvalue weighted by atomic mass is 32.2. The van der Waals surface area contributed by atoms with Gasteiger partial charge < -0.3 is 10.1 Å². The van der Waals surface area contributed by atoms with Crippen LogP contribution in [0, 0.1) is 0 Å². The van der Waals surface area contributed by atoms with Crippen LogP contribution in [-0.4, -0.2) is 29.6 Å². The zero-order valence-corrected chi connectivity index (χ0v) is 17.7. The van der Waals surface area contributed by atoms with Crippen molar-refractivity contribution >= 4 is 17.7 Å². The molecule has 146 valence electrons. The molecule has 1 aromatic carbocycles. The maximum atomic E-state index is 12.4. The topological polar surface area (TPSA) is 38.3 Å². The lowest BCUT2D eigenvalue weighted by atomic mass is 9.87. The maximum Gasteiger partial charge on any atom is 0.261 e. The van der Waals surface area contributed by atoms with Crippen molar-refractivity contribution in [2.75, 3.05) is 12.3 Å². The minimum absolute atomic E-state index is 0.00311. The van der Waals surface area contributed by atoms with Crippen molar-refractivity contribution in [1.82, 2.24) is 5.32 Å². The van der Waals surface area contributed by atoms with Gasteiger partial charge >= 0.3 is 0 Å². The van der Waals surface area contributed by atoms with Crippen LogP contribution in [0.3, 0.4) is 0 Å². The summed E-state index contributed by atoms with van der Waals surface area (Å²) in [5.74, 6) is 1.75. The number of hydrogen-bond acceptors (Lipinski definition) is 3. The largest absolute Gasteiger partial charge is 0.481 e. The molecule has 0 radical (unpaired) electrons. The van der Waals surface area contributed by atoms with Gasteiger partial charge in [0.1, 0.15) is 5.75 Å². The van der Waals surface area contributed by atoms with Gasteiger partial charge in [0.2, 0.25) is 0 Å². The molecule has 1 amide bonds. The van der Waals surface area contributed by atoms with Gasteiger partial charge in [0.05, 0.1) is 0 Å². The van der Waals surface area contributed by atoms with E-state index in [1.807, 2.05) is 30.8 Å². The second kappa shape index (κ2) is 10.2. The zero-order chi connectivity index (χ0) is 19.0. The third kappa shape index (κ3) is 6.86. The lowest BCUT2D eigenvalue weighted by Gasteiger charge is -2.22. The first kappa shape index (κ1) is 21.1. The van der Waals surface area contributed by atoms with Gasteiger partial charge in [-0.2, -0.15) is 11.8 Å². The van der Waals surface area contributed by atoms with Crippen LogP contribution in [0.4, 0.5) is 0 Å².